The number of benzene rings is 1. The van der Waals surface area contributed by atoms with E-state index in [1.807, 2.05) is 13.1 Å². The maximum absolute atomic E-state index is 4.05. The molecule has 1 heterocycles. The van der Waals surface area contributed by atoms with Crippen molar-refractivity contribution in [3.63, 3.8) is 0 Å². The van der Waals surface area contributed by atoms with Gasteiger partial charge in [-0.3, -0.25) is 0 Å². The van der Waals surface area contributed by atoms with Crippen molar-refractivity contribution in [2.45, 2.75) is 19.9 Å². The van der Waals surface area contributed by atoms with Crippen LogP contribution >= 0.6 is 15.9 Å². The summed E-state index contributed by atoms with van der Waals surface area (Å²) in [6.45, 7) is 5.22. The van der Waals surface area contributed by atoms with Crippen LogP contribution in [-0.4, -0.2) is 21.5 Å². The lowest BCUT2D eigenvalue weighted by molar-refractivity contribution is 0.598. The summed E-state index contributed by atoms with van der Waals surface area (Å²) < 4.78 is 2.57. The van der Waals surface area contributed by atoms with E-state index in [1.165, 1.54) is 5.56 Å². The second-order valence-electron chi connectivity index (χ2n) is 4.22. The first kappa shape index (κ1) is 13.2. The third kappa shape index (κ3) is 2.47. The largest absolute Gasteiger partial charge is 0.310 e. The zero-order valence-electron chi connectivity index (χ0n) is 10.8. The first-order chi connectivity index (χ1) is 8.65. The topological polar surface area (TPSA) is 42.7 Å². The number of hydrogen-bond donors (Lipinski definition) is 1. The van der Waals surface area contributed by atoms with E-state index in [2.05, 4.69) is 63.6 Å². The molecule has 5 heteroatoms. The van der Waals surface area contributed by atoms with Crippen molar-refractivity contribution >= 4 is 15.9 Å². The third-order valence-electron chi connectivity index (χ3n) is 2.98. The van der Waals surface area contributed by atoms with E-state index in [9.17, 15) is 0 Å². The lowest BCUT2D eigenvalue weighted by atomic mass is 9.99. The lowest BCUT2D eigenvalue weighted by Crippen LogP contribution is -2.18. The number of nitrogens with one attached hydrogen (secondary N) is 1. The number of aryl methyl sites for hydroxylation is 1. The maximum atomic E-state index is 4.05. The van der Waals surface area contributed by atoms with E-state index >= 15 is 0 Å². The molecule has 0 aliphatic rings. The Labute approximate surface area is 116 Å². The molecular weight excluding hydrogens is 292 g/mol. The molecule has 1 aromatic heterocycles. The summed E-state index contributed by atoms with van der Waals surface area (Å²) >= 11 is 3.46. The molecule has 1 unspecified atom stereocenters. The van der Waals surface area contributed by atoms with Gasteiger partial charge in [-0.15, -0.1) is 5.10 Å². The van der Waals surface area contributed by atoms with Crippen LogP contribution in [0, 0.1) is 0 Å². The molecule has 0 saturated carbocycles. The Hall–Kier alpha value is -1.20. The number of aromatic nitrogens is 3. The standard InChI is InChI=1S/C13H17BrN4/c1-4-15-9(2)10-7-5-6-8-11(10)12-13(14)16-17-18(12)3/h5-9,15H,4H2,1-3H3. The molecule has 96 valence electrons. The fourth-order valence-electron chi connectivity index (χ4n) is 2.12. The molecule has 1 aromatic carbocycles. The van der Waals surface area contributed by atoms with E-state index in [0.29, 0.717) is 6.04 Å². The number of rotatable bonds is 4. The minimum atomic E-state index is 0.299. The molecule has 0 aliphatic carbocycles. The second-order valence-corrected chi connectivity index (χ2v) is 4.97. The van der Waals surface area contributed by atoms with Gasteiger partial charge in [-0.05, 0) is 35.0 Å². The minimum Gasteiger partial charge on any atom is -0.310 e. The van der Waals surface area contributed by atoms with Crippen LogP contribution in [0.2, 0.25) is 0 Å². The highest BCUT2D eigenvalue weighted by molar-refractivity contribution is 9.10. The fraction of sp³-hybridized carbons (Fsp3) is 0.385. The zero-order chi connectivity index (χ0) is 13.1. The summed E-state index contributed by atoms with van der Waals surface area (Å²) in [5.74, 6) is 0. The SMILES string of the molecule is CCNC(C)c1ccccc1-c1c(Br)nnn1C. The Morgan fingerprint density at radius 2 is 2.11 bits per heavy atom. The highest BCUT2D eigenvalue weighted by atomic mass is 79.9. The van der Waals surface area contributed by atoms with E-state index in [-0.39, 0.29) is 0 Å². The van der Waals surface area contributed by atoms with Gasteiger partial charge in [0.05, 0.1) is 0 Å². The average Bonchev–Trinajstić information content (AvgIpc) is 2.69. The van der Waals surface area contributed by atoms with Gasteiger partial charge in [0.25, 0.3) is 0 Å². The molecule has 0 amide bonds. The maximum Gasteiger partial charge on any atom is 0.156 e. The van der Waals surface area contributed by atoms with Gasteiger partial charge in [-0.1, -0.05) is 36.4 Å². The number of nitrogens with zero attached hydrogens (tertiary/aromatic N) is 3. The van der Waals surface area contributed by atoms with Crippen molar-refractivity contribution in [1.29, 1.82) is 0 Å². The number of hydrogen-bond acceptors (Lipinski definition) is 3. The van der Waals surface area contributed by atoms with Gasteiger partial charge in [-0.2, -0.15) is 0 Å². The van der Waals surface area contributed by atoms with Crippen molar-refractivity contribution in [3.8, 4) is 11.3 Å². The minimum absolute atomic E-state index is 0.299. The summed E-state index contributed by atoms with van der Waals surface area (Å²) in [6.07, 6.45) is 0. The summed E-state index contributed by atoms with van der Waals surface area (Å²) in [7, 11) is 1.90. The van der Waals surface area contributed by atoms with Gasteiger partial charge in [0.15, 0.2) is 4.60 Å². The van der Waals surface area contributed by atoms with Crippen molar-refractivity contribution in [3.05, 3.63) is 34.4 Å². The van der Waals surface area contributed by atoms with Crippen LogP contribution in [-0.2, 0) is 7.05 Å². The monoisotopic (exact) mass is 308 g/mol. The number of halogens is 1. The van der Waals surface area contributed by atoms with E-state index in [0.717, 1.165) is 22.4 Å². The van der Waals surface area contributed by atoms with Crippen molar-refractivity contribution in [1.82, 2.24) is 20.3 Å². The highest BCUT2D eigenvalue weighted by Crippen LogP contribution is 2.31. The quantitative estimate of drug-likeness (QED) is 0.944. The van der Waals surface area contributed by atoms with E-state index in [1.54, 1.807) is 4.68 Å². The van der Waals surface area contributed by atoms with Crippen LogP contribution in [0.5, 0.6) is 0 Å². The Kier molecular flexibility index (Phi) is 4.14. The summed E-state index contributed by atoms with van der Waals surface area (Å²) in [6, 6.07) is 8.64. The third-order valence-corrected chi connectivity index (χ3v) is 3.51. The first-order valence-electron chi connectivity index (χ1n) is 6.03. The fourth-order valence-corrected chi connectivity index (χ4v) is 2.66. The predicted molar refractivity (Wildman–Crippen MR) is 76.2 cm³/mol. The van der Waals surface area contributed by atoms with Crippen LogP contribution in [0.25, 0.3) is 11.3 Å². The van der Waals surface area contributed by atoms with Gasteiger partial charge in [0, 0.05) is 18.7 Å². The lowest BCUT2D eigenvalue weighted by Gasteiger charge is -2.17. The molecule has 0 bridgehead atoms. The molecule has 0 aliphatic heterocycles. The van der Waals surface area contributed by atoms with Gasteiger partial charge in [0.2, 0.25) is 0 Å². The molecule has 0 fully saturated rings. The molecule has 0 spiro atoms. The summed E-state index contributed by atoms with van der Waals surface area (Å²) in [5, 5.41) is 11.5. The molecule has 1 atom stereocenters. The van der Waals surface area contributed by atoms with Crippen LogP contribution < -0.4 is 5.32 Å². The van der Waals surface area contributed by atoms with Crippen LogP contribution in [0.4, 0.5) is 0 Å². The van der Waals surface area contributed by atoms with Crippen LogP contribution in [0.3, 0.4) is 0 Å². The summed E-state index contributed by atoms with van der Waals surface area (Å²) in [5.41, 5.74) is 3.42. The van der Waals surface area contributed by atoms with Crippen molar-refractivity contribution < 1.29 is 0 Å². The summed E-state index contributed by atoms with van der Waals surface area (Å²) in [4.78, 5) is 0. The van der Waals surface area contributed by atoms with Crippen LogP contribution in [0.15, 0.2) is 28.9 Å². The van der Waals surface area contributed by atoms with E-state index in [4.69, 9.17) is 0 Å². The second kappa shape index (κ2) is 5.63. The molecule has 2 aromatic rings. The van der Waals surface area contributed by atoms with Crippen LogP contribution in [0.1, 0.15) is 25.5 Å². The highest BCUT2D eigenvalue weighted by Gasteiger charge is 2.16. The smallest absolute Gasteiger partial charge is 0.156 e. The van der Waals surface area contributed by atoms with E-state index < -0.39 is 0 Å². The Balaban J connectivity index is 2.51. The predicted octanol–water partition coefficient (Wildman–Crippen LogP) is 2.92. The van der Waals surface area contributed by atoms with Gasteiger partial charge < -0.3 is 5.32 Å². The van der Waals surface area contributed by atoms with Gasteiger partial charge in [-0.25, -0.2) is 4.68 Å². The Morgan fingerprint density at radius 1 is 1.39 bits per heavy atom. The van der Waals surface area contributed by atoms with Crippen molar-refractivity contribution in [2.75, 3.05) is 6.54 Å². The Morgan fingerprint density at radius 3 is 2.72 bits per heavy atom. The first-order valence-corrected chi connectivity index (χ1v) is 6.82. The average molecular weight is 309 g/mol. The normalized spacial score (nSPS) is 12.7. The molecule has 0 radical (unpaired) electrons. The van der Waals surface area contributed by atoms with Crippen molar-refractivity contribution in [2.24, 2.45) is 7.05 Å². The van der Waals surface area contributed by atoms with Gasteiger partial charge >= 0.3 is 0 Å². The molecule has 18 heavy (non-hydrogen) atoms. The molecule has 2 rings (SSSR count). The molecule has 0 saturated heterocycles. The zero-order valence-corrected chi connectivity index (χ0v) is 12.4. The van der Waals surface area contributed by atoms with Gasteiger partial charge in [0.1, 0.15) is 5.69 Å². The Bertz CT molecular complexity index is 516. The molecule has 1 N–H and O–H groups in total. The molecule has 4 nitrogen and oxygen atoms in total. The molecular formula is C13H17BrN4.